The maximum Gasteiger partial charge on any atom is 0.296 e. The van der Waals surface area contributed by atoms with E-state index in [2.05, 4.69) is 6.07 Å². The van der Waals surface area contributed by atoms with Gasteiger partial charge in [0, 0.05) is 17.7 Å². The van der Waals surface area contributed by atoms with Crippen LogP contribution >= 0.6 is 0 Å². The van der Waals surface area contributed by atoms with E-state index in [1.165, 1.54) is 18.1 Å². The van der Waals surface area contributed by atoms with Crippen molar-refractivity contribution < 1.29 is 14.5 Å². The second-order valence-corrected chi connectivity index (χ2v) is 9.95. The number of hydrogen-bond acceptors (Lipinski definition) is 7. The minimum absolute atomic E-state index is 0.0809. The van der Waals surface area contributed by atoms with Crippen LogP contribution in [-0.2, 0) is 4.79 Å². The molecule has 1 atom stereocenters. The van der Waals surface area contributed by atoms with E-state index in [1.807, 2.05) is 45.9 Å². The summed E-state index contributed by atoms with van der Waals surface area (Å²) in [6, 6.07) is 12.6. The van der Waals surface area contributed by atoms with Gasteiger partial charge in [-0.15, -0.1) is 0 Å². The molecule has 0 fully saturated rings. The molecule has 0 amide bonds. The third kappa shape index (κ3) is 4.03. The quantitative estimate of drug-likeness (QED) is 0.481. The van der Waals surface area contributed by atoms with Gasteiger partial charge in [0.1, 0.15) is 17.3 Å². The summed E-state index contributed by atoms with van der Waals surface area (Å²) in [4.78, 5) is 26.7. The third-order valence-corrected chi connectivity index (χ3v) is 6.74. The summed E-state index contributed by atoms with van der Waals surface area (Å²) in [6.07, 6.45) is 0.780. The molecular formula is C27H28N4O4. The molecule has 0 saturated carbocycles. The van der Waals surface area contributed by atoms with Crippen molar-refractivity contribution in [2.45, 2.75) is 46.5 Å². The van der Waals surface area contributed by atoms with Crippen molar-refractivity contribution in [3.05, 3.63) is 85.9 Å². The van der Waals surface area contributed by atoms with Crippen molar-refractivity contribution in [1.29, 1.82) is 5.26 Å². The number of benzene rings is 2. The zero-order valence-electron chi connectivity index (χ0n) is 20.5. The van der Waals surface area contributed by atoms with Crippen molar-refractivity contribution in [3.63, 3.8) is 0 Å². The Balaban J connectivity index is 2.06. The molecule has 2 aliphatic rings. The predicted molar refractivity (Wildman–Crippen MR) is 133 cm³/mol. The van der Waals surface area contributed by atoms with Crippen molar-refractivity contribution in [3.8, 4) is 11.8 Å². The molecule has 0 radical (unpaired) electrons. The van der Waals surface area contributed by atoms with Crippen LogP contribution in [-0.4, -0.2) is 17.8 Å². The number of rotatable bonds is 4. The molecule has 0 bridgehead atoms. The van der Waals surface area contributed by atoms with E-state index in [0.29, 0.717) is 29.9 Å². The highest BCUT2D eigenvalue weighted by Gasteiger charge is 2.46. The van der Waals surface area contributed by atoms with Gasteiger partial charge in [-0.05, 0) is 48.9 Å². The van der Waals surface area contributed by atoms with Gasteiger partial charge in [-0.1, -0.05) is 37.6 Å². The average molecular weight is 473 g/mol. The minimum Gasteiger partial charge on any atom is -0.496 e. The van der Waals surface area contributed by atoms with E-state index in [-0.39, 0.29) is 34.0 Å². The van der Waals surface area contributed by atoms with Crippen LogP contribution in [0.25, 0.3) is 0 Å². The van der Waals surface area contributed by atoms with Gasteiger partial charge in [0.25, 0.3) is 5.69 Å². The van der Waals surface area contributed by atoms with Gasteiger partial charge in [-0.25, -0.2) is 0 Å². The summed E-state index contributed by atoms with van der Waals surface area (Å²) >= 11 is 0. The summed E-state index contributed by atoms with van der Waals surface area (Å²) in [5, 5.41) is 22.3. The van der Waals surface area contributed by atoms with Gasteiger partial charge in [0.05, 0.1) is 35.7 Å². The SMILES string of the molecule is COc1ccc(N2C(N)=C(C#N)C(c3ccc(C)cc3C)C3=C2CC(C)(C)CC3=O)c([N+](=O)[O-])c1. The van der Waals surface area contributed by atoms with Gasteiger partial charge >= 0.3 is 0 Å². The number of anilines is 1. The van der Waals surface area contributed by atoms with Crippen molar-refractivity contribution >= 4 is 17.2 Å². The smallest absolute Gasteiger partial charge is 0.296 e. The topological polar surface area (TPSA) is 122 Å². The number of nitrogens with zero attached hydrogens (tertiary/aromatic N) is 3. The van der Waals surface area contributed by atoms with E-state index in [4.69, 9.17) is 10.5 Å². The molecule has 8 nitrogen and oxygen atoms in total. The summed E-state index contributed by atoms with van der Waals surface area (Å²) in [7, 11) is 1.43. The molecule has 1 aliphatic heterocycles. The Kier molecular flexibility index (Phi) is 5.89. The van der Waals surface area contributed by atoms with Crippen LogP contribution in [0, 0.1) is 40.7 Å². The Bertz CT molecular complexity index is 1360. The Morgan fingerprint density at radius 2 is 1.91 bits per heavy atom. The fourth-order valence-electron chi connectivity index (χ4n) is 5.21. The number of nitrogens with two attached hydrogens (primary N) is 1. The Labute approximate surface area is 204 Å². The van der Waals surface area contributed by atoms with E-state index < -0.39 is 10.8 Å². The lowest BCUT2D eigenvalue weighted by Crippen LogP contribution is -2.42. The molecule has 35 heavy (non-hydrogen) atoms. The second-order valence-electron chi connectivity index (χ2n) is 9.95. The summed E-state index contributed by atoms with van der Waals surface area (Å²) in [6.45, 7) is 7.91. The molecule has 2 N–H and O–H groups in total. The highest BCUT2D eigenvalue weighted by molar-refractivity contribution is 6.02. The molecule has 1 aliphatic carbocycles. The number of Topliss-reactive ketones (excluding diaryl/α,β-unsaturated/α-hetero) is 1. The number of hydrogen-bond donors (Lipinski definition) is 1. The fraction of sp³-hybridized carbons (Fsp3) is 0.333. The largest absolute Gasteiger partial charge is 0.496 e. The van der Waals surface area contributed by atoms with Crippen LogP contribution in [0.2, 0.25) is 0 Å². The van der Waals surface area contributed by atoms with E-state index >= 15 is 0 Å². The Morgan fingerprint density at radius 3 is 2.51 bits per heavy atom. The Hall–Kier alpha value is -4.12. The lowest BCUT2D eigenvalue weighted by Gasteiger charge is -2.43. The molecule has 2 aromatic carbocycles. The first-order valence-electron chi connectivity index (χ1n) is 11.3. The highest BCUT2D eigenvalue weighted by Crippen LogP contribution is 2.52. The molecular weight excluding hydrogens is 444 g/mol. The lowest BCUT2D eigenvalue weighted by atomic mass is 9.68. The van der Waals surface area contributed by atoms with Crippen LogP contribution in [0.1, 0.15) is 49.3 Å². The number of nitriles is 1. The first kappa shape index (κ1) is 24.0. The average Bonchev–Trinajstić information content (AvgIpc) is 2.77. The number of nitro groups is 1. The highest BCUT2D eigenvalue weighted by atomic mass is 16.6. The van der Waals surface area contributed by atoms with Crippen molar-refractivity contribution in [2.75, 3.05) is 12.0 Å². The normalized spacial score (nSPS) is 19.4. The maximum absolute atomic E-state index is 13.7. The van der Waals surface area contributed by atoms with Crippen LogP contribution in [0.5, 0.6) is 5.75 Å². The molecule has 0 aromatic heterocycles. The molecule has 1 heterocycles. The maximum atomic E-state index is 13.7. The van der Waals surface area contributed by atoms with Crippen molar-refractivity contribution in [2.24, 2.45) is 11.1 Å². The summed E-state index contributed by atoms with van der Waals surface area (Å²) in [5.74, 6) is -0.298. The number of aryl methyl sites for hydroxylation is 2. The number of carbonyl (C=O) groups is 1. The number of ketones is 1. The van der Waals surface area contributed by atoms with Crippen molar-refractivity contribution in [1.82, 2.24) is 0 Å². The summed E-state index contributed by atoms with van der Waals surface area (Å²) in [5.41, 5.74) is 10.4. The molecule has 2 aromatic rings. The zero-order valence-corrected chi connectivity index (χ0v) is 20.5. The number of nitro benzene ring substituents is 1. The van der Waals surface area contributed by atoms with Crippen LogP contribution in [0.3, 0.4) is 0 Å². The van der Waals surface area contributed by atoms with Gasteiger partial charge in [0.15, 0.2) is 5.78 Å². The van der Waals surface area contributed by atoms with Gasteiger partial charge in [-0.2, -0.15) is 5.26 Å². The zero-order chi connectivity index (χ0) is 25.7. The number of ether oxygens (including phenoxy) is 1. The van der Waals surface area contributed by atoms with Crippen LogP contribution < -0.4 is 15.4 Å². The Morgan fingerprint density at radius 1 is 1.20 bits per heavy atom. The number of methoxy groups -OCH3 is 1. The van der Waals surface area contributed by atoms with Gasteiger partial charge < -0.3 is 10.5 Å². The minimum atomic E-state index is -0.632. The number of carbonyl (C=O) groups excluding carboxylic acids is 1. The van der Waals surface area contributed by atoms with E-state index in [0.717, 1.165) is 16.7 Å². The lowest BCUT2D eigenvalue weighted by molar-refractivity contribution is -0.384. The standard InChI is InChI=1S/C27H28N4O4/c1-15-6-8-18(16(2)10-15)24-19(14-28)26(29)30(22-12-27(3,4)13-23(32)25(22)24)20-9-7-17(35-5)11-21(20)31(33)34/h6-11,24H,12-13,29H2,1-5H3. The first-order chi connectivity index (χ1) is 16.5. The molecule has 4 rings (SSSR count). The van der Waals surface area contributed by atoms with E-state index in [9.17, 15) is 20.2 Å². The third-order valence-electron chi connectivity index (χ3n) is 6.74. The van der Waals surface area contributed by atoms with Crippen LogP contribution in [0.15, 0.2) is 59.1 Å². The number of allylic oxidation sites excluding steroid dienone is 3. The predicted octanol–water partition coefficient (Wildman–Crippen LogP) is 5.16. The molecule has 1 unspecified atom stereocenters. The van der Waals surface area contributed by atoms with E-state index in [1.54, 1.807) is 12.1 Å². The molecule has 0 saturated heterocycles. The first-order valence-corrected chi connectivity index (χ1v) is 11.3. The second kappa shape index (κ2) is 8.58. The molecule has 180 valence electrons. The fourth-order valence-corrected chi connectivity index (χ4v) is 5.21. The molecule has 8 heteroatoms. The van der Waals surface area contributed by atoms with Gasteiger partial charge in [-0.3, -0.25) is 19.8 Å². The monoisotopic (exact) mass is 472 g/mol. The van der Waals surface area contributed by atoms with Crippen LogP contribution in [0.4, 0.5) is 11.4 Å². The summed E-state index contributed by atoms with van der Waals surface area (Å²) < 4.78 is 5.19. The molecule has 0 spiro atoms. The van der Waals surface area contributed by atoms with Gasteiger partial charge in [0.2, 0.25) is 0 Å².